The summed E-state index contributed by atoms with van der Waals surface area (Å²) in [4.78, 5) is 0. The topological polar surface area (TPSA) is 42.7 Å². The zero-order valence-electron chi connectivity index (χ0n) is 9.91. The maximum Gasteiger partial charge on any atom is 0.0969 e. The van der Waals surface area contributed by atoms with Gasteiger partial charge in [-0.25, -0.2) is 4.68 Å². The molecule has 2 aromatic rings. The molecular weight excluding hydrogens is 440 g/mol. The van der Waals surface area contributed by atoms with E-state index in [0.717, 1.165) is 31.3 Å². The highest BCUT2D eigenvalue weighted by Gasteiger charge is 2.20. The molecule has 1 aromatic heterocycles. The zero-order valence-corrected chi connectivity index (χ0v) is 14.7. The van der Waals surface area contributed by atoms with Crippen LogP contribution in [0.5, 0.6) is 0 Å². The Hall–Kier alpha value is -0.240. The smallest absolute Gasteiger partial charge is 0.0969 e. The number of nitrogens with zero attached hydrogens (tertiary/aromatic N) is 3. The minimum Gasteiger partial charge on any atom is -0.308 e. The van der Waals surface area contributed by atoms with Gasteiger partial charge in [-0.3, -0.25) is 0 Å². The van der Waals surface area contributed by atoms with Gasteiger partial charge >= 0.3 is 0 Å². The summed E-state index contributed by atoms with van der Waals surface area (Å²) in [6, 6.07) is 4.66. The van der Waals surface area contributed by atoms with E-state index in [1.807, 2.05) is 18.3 Å². The number of rotatable bonds is 4. The molecule has 1 aliphatic rings. The van der Waals surface area contributed by atoms with E-state index >= 15 is 0 Å². The molecule has 3 rings (SSSR count). The van der Waals surface area contributed by atoms with Crippen LogP contribution < -0.4 is 5.32 Å². The van der Waals surface area contributed by atoms with Crippen molar-refractivity contribution >= 4 is 47.8 Å². The van der Waals surface area contributed by atoms with E-state index < -0.39 is 0 Å². The first-order valence-electron chi connectivity index (χ1n) is 5.93. The van der Waals surface area contributed by atoms with Gasteiger partial charge in [0.15, 0.2) is 0 Å². The minimum absolute atomic E-state index is 0.677. The maximum atomic E-state index is 4.19. The Balaban J connectivity index is 1.85. The molecule has 7 heteroatoms. The standard InChI is InChI=1S/C12H11Br3N4/c13-7-3-10(14)12(11(15)4-7)19-6-9(17-18-19)5-16-8-1-2-8/h3-4,6,8,16H,1-2,5H2. The van der Waals surface area contributed by atoms with Gasteiger partial charge in [-0.15, -0.1) is 5.10 Å². The molecule has 1 N–H and O–H groups in total. The first kappa shape index (κ1) is 13.7. The summed E-state index contributed by atoms with van der Waals surface area (Å²) in [6.07, 6.45) is 4.50. The van der Waals surface area contributed by atoms with Crippen molar-refractivity contribution in [2.24, 2.45) is 0 Å². The van der Waals surface area contributed by atoms with Crippen molar-refractivity contribution < 1.29 is 0 Å². The van der Waals surface area contributed by atoms with Crippen LogP contribution >= 0.6 is 47.8 Å². The normalized spacial score (nSPS) is 14.9. The van der Waals surface area contributed by atoms with Crippen LogP contribution in [0, 0.1) is 0 Å². The highest BCUT2D eigenvalue weighted by Crippen LogP contribution is 2.32. The van der Waals surface area contributed by atoms with E-state index in [9.17, 15) is 0 Å². The second-order valence-corrected chi connectivity index (χ2v) is 7.15. The molecule has 4 nitrogen and oxygen atoms in total. The summed E-state index contributed by atoms with van der Waals surface area (Å²) < 4.78 is 4.70. The van der Waals surface area contributed by atoms with Crippen LogP contribution in [0.1, 0.15) is 18.5 Å². The van der Waals surface area contributed by atoms with Crippen molar-refractivity contribution in [3.8, 4) is 5.69 Å². The predicted octanol–water partition coefficient (Wildman–Crippen LogP) is 3.81. The summed E-state index contributed by atoms with van der Waals surface area (Å²) in [5, 5.41) is 11.8. The highest BCUT2D eigenvalue weighted by molar-refractivity contribution is 9.11. The van der Waals surface area contributed by atoms with E-state index in [4.69, 9.17) is 0 Å². The third-order valence-corrected chi connectivity index (χ3v) is 4.57. The molecule has 1 fully saturated rings. The SMILES string of the molecule is Brc1cc(Br)c(-n2cc(CNC3CC3)nn2)c(Br)c1. The number of hydrogen-bond donors (Lipinski definition) is 1. The van der Waals surface area contributed by atoms with Crippen molar-refractivity contribution in [2.45, 2.75) is 25.4 Å². The predicted molar refractivity (Wildman–Crippen MR) is 84.3 cm³/mol. The lowest BCUT2D eigenvalue weighted by Gasteiger charge is -2.07. The molecule has 1 saturated carbocycles. The molecule has 0 atom stereocenters. The van der Waals surface area contributed by atoms with Gasteiger partial charge in [-0.05, 0) is 56.8 Å². The van der Waals surface area contributed by atoms with Crippen LogP contribution in [-0.4, -0.2) is 21.0 Å². The second kappa shape index (κ2) is 5.63. The molecule has 0 saturated heterocycles. The van der Waals surface area contributed by atoms with Gasteiger partial charge in [0.1, 0.15) is 0 Å². The number of hydrogen-bond acceptors (Lipinski definition) is 3. The summed E-state index contributed by atoms with van der Waals surface area (Å²) >= 11 is 10.6. The largest absolute Gasteiger partial charge is 0.308 e. The molecule has 0 unspecified atom stereocenters. The molecule has 0 aliphatic heterocycles. The monoisotopic (exact) mass is 448 g/mol. The molecule has 1 aromatic carbocycles. The van der Waals surface area contributed by atoms with Crippen molar-refractivity contribution in [3.05, 3.63) is 37.4 Å². The number of halogens is 3. The summed E-state index contributed by atoms with van der Waals surface area (Å²) in [7, 11) is 0. The van der Waals surface area contributed by atoms with E-state index in [1.165, 1.54) is 12.8 Å². The van der Waals surface area contributed by atoms with Crippen LogP contribution in [0.2, 0.25) is 0 Å². The van der Waals surface area contributed by atoms with E-state index in [-0.39, 0.29) is 0 Å². The first-order valence-corrected chi connectivity index (χ1v) is 8.31. The Labute approximate surface area is 136 Å². The second-order valence-electron chi connectivity index (χ2n) is 4.53. The fraction of sp³-hybridized carbons (Fsp3) is 0.333. The van der Waals surface area contributed by atoms with Crippen molar-refractivity contribution in [2.75, 3.05) is 0 Å². The highest BCUT2D eigenvalue weighted by atomic mass is 79.9. The Morgan fingerprint density at radius 3 is 2.53 bits per heavy atom. The Bertz CT molecular complexity index is 584. The Kier molecular flexibility index (Phi) is 4.07. The summed E-state index contributed by atoms with van der Waals surface area (Å²) in [5.74, 6) is 0. The van der Waals surface area contributed by atoms with Gasteiger partial charge in [-0.2, -0.15) is 0 Å². The fourth-order valence-electron chi connectivity index (χ4n) is 1.78. The number of aromatic nitrogens is 3. The Morgan fingerprint density at radius 2 is 1.89 bits per heavy atom. The van der Waals surface area contributed by atoms with E-state index in [1.54, 1.807) is 4.68 Å². The lowest BCUT2D eigenvalue weighted by Crippen LogP contribution is -2.15. The molecule has 100 valence electrons. The van der Waals surface area contributed by atoms with Gasteiger partial charge in [-0.1, -0.05) is 21.1 Å². The zero-order chi connectivity index (χ0) is 13.4. The van der Waals surface area contributed by atoms with Crippen LogP contribution in [-0.2, 0) is 6.54 Å². The summed E-state index contributed by atoms with van der Waals surface area (Å²) in [6.45, 7) is 0.774. The molecule has 0 radical (unpaired) electrons. The molecule has 1 aliphatic carbocycles. The molecule has 1 heterocycles. The molecule has 0 bridgehead atoms. The quantitative estimate of drug-likeness (QED) is 0.770. The number of nitrogens with one attached hydrogen (secondary N) is 1. The Morgan fingerprint density at radius 1 is 1.21 bits per heavy atom. The molecule has 0 spiro atoms. The molecule has 19 heavy (non-hydrogen) atoms. The van der Waals surface area contributed by atoms with Crippen molar-refractivity contribution in [3.63, 3.8) is 0 Å². The third kappa shape index (κ3) is 3.26. The molecule has 0 amide bonds. The summed E-state index contributed by atoms with van der Waals surface area (Å²) in [5.41, 5.74) is 1.90. The number of benzene rings is 1. The van der Waals surface area contributed by atoms with Crippen LogP contribution in [0.4, 0.5) is 0 Å². The van der Waals surface area contributed by atoms with E-state index in [2.05, 4.69) is 63.4 Å². The van der Waals surface area contributed by atoms with Crippen LogP contribution in [0.15, 0.2) is 31.7 Å². The van der Waals surface area contributed by atoms with E-state index in [0.29, 0.717) is 6.04 Å². The first-order chi connectivity index (χ1) is 9.13. The van der Waals surface area contributed by atoms with Gasteiger partial charge < -0.3 is 5.32 Å². The molecular formula is C12H11Br3N4. The van der Waals surface area contributed by atoms with Crippen LogP contribution in [0.3, 0.4) is 0 Å². The van der Waals surface area contributed by atoms with Crippen molar-refractivity contribution in [1.82, 2.24) is 20.3 Å². The maximum absolute atomic E-state index is 4.19. The minimum atomic E-state index is 0.677. The van der Waals surface area contributed by atoms with Gasteiger partial charge in [0.2, 0.25) is 0 Å². The third-order valence-electron chi connectivity index (χ3n) is 2.90. The lowest BCUT2D eigenvalue weighted by atomic mass is 10.3. The van der Waals surface area contributed by atoms with Gasteiger partial charge in [0.05, 0.1) is 17.6 Å². The van der Waals surface area contributed by atoms with Gasteiger partial charge in [0.25, 0.3) is 0 Å². The van der Waals surface area contributed by atoms with Crippen LogP contribution in [0.25, 0.3) is 5.69 Å². The average molecular weight is 451 g/mol. The average Bonchev–Trinajstić information content (AvgIpc) is 3.05. The fourth-order valence-corrected chi connectivity index (χ4v) is 4.40. The lowest BCUT2D eigenvalue weighted by molar-refractivity contribution is 0.671. The van der Waals surface area contributed by atoms with Crippen molar-refractivity contribution in [1.29, 1.82) is 0 Å². The van der Waals surface area contributed by atoms with Gasteiger partial charge in [0, 0.05) is 26.0 Å².